The van der Waals surface area contributed by atoms with Crippen LogP contribution in [-0.2, 0) is 6.54 Å². The van der Waals surface area contributed by atoms with Crippen LogP contribution in [0.1, 0.15) is 15.9 Å². The molecule has 0 heterocycles. The zero-order valence-electron chi connectivity index (χ0n) is 11.8. The van der Waals surface area contributed by atoms with Gasteiger partial charge in [0.2, 0.25) is 0 Å². The van der Waals surface area contributed by atoms with Crippen molar-refractivity contribution in [2.24, 2.45) is 0 Å². The third-order valence-electron chi connectivity index (χ3n) is 3.07. The van der Waals surface area contributed by atoms with Crippen molar-refractivity contribution in [3.8, 4) is 5.75 Å². The van der Waals surface area contributed by atoms with E-state index in [2.05, 4.69) is 22.6 Å². The van der Waals surface area contributed by atoms with Crippen LogP contribution in [0.4, 0.5) is 4.39 Å². The normalized spacial score (nSPS) is 10.3. The monoisotopic (exact) mass is 399 g/mol. The van der Waals surface area contributed by atoms with Gasteiger partial charge in [-0.2, -0.15) is 0 Å². The molecule has 21 heavy (non-hydrogen) atoms. The van der Waals surface area contributed by atoms with Gasteiger partial charge >= 0.3 is 0 Å². The molecule has 0 spiro atoms. The molecule has 0 aliphatic heterocycles. The fourth-order valence-electron chi connectivity index (χ4n) is 1.97. The second-order valence-corrected chi connectivity index (χ2v) is 5.88. The molecule has 0 unspecified atom stereocenters. The largest absolute Gasteiger partial charge is 0.494 e. The maximum Gasteiger partial charge on any atom is 0.253 e. The number of hydrogen-bond donors (Lipinski definition) is 0. The number of nitrogens with zero attached hydrogens (tertiary/aromatic N) is 1. The molecule has 2 rings (SSSR count). The first-order chi connectivity index (χ1) is 10.0. The van der Waals surface area contributed by atoms with E-state index in [1.807, 2.05) is 12.1 Å². The summed E-state index contributed by atoms with van der Waals surface area (Å²) in [5.41, 5.74) is 1.33. The van der Waals surface area contributed by atoms with Gasteiger partial charge in [-0.15, -0.1) is 0 Å². The summed E-state index contributed by atoms with van der Waals surface area (Å²) < 4.78 is 19.6. The Hall–Kier alpha value is -1.63. The Labute approximate surface area is 136 Å². The summed E-state index contributed by atoms with van der Waals surface area (Å²) in [6, 6.07) is 12.0. The highest BCUT2D eigenvalue weighted by atomic mass is 127. The molecule has 0 fully saturated rings. The molecule has 1 amide bonds. The molecule has 0 bridgehead atoms. The number of methoxy groups -OCH3 is 1. The minimum absolute atomic E-state index is 0.0948. The number of rotatable bonds is 4. The van der Waals surface area contributed by atoms with Crippen molar-refractivity contribution in [2.75, 3.05) is 14.2 Å². The molecular weight excluding hydrogens is 384 g/mol. The molecule has 0 aromatic heterocycles. The third kappa shape index (κ3) is 3.93. The van der Waals surface area contributed by atoms with Gasteiger partial charge in [-0.3, -0.25) is 4.79 Å². The summed E-state index contributed by atoms with van der Waals surface area (Å²) in [7, 11) is 3.12. The quantitative estimate of drug-likeness (QED) is 0.734. The fourth-order valence-corrected chi connectivity index (χ4v) is 2.33. The molecule has 110 valence electrons. The predicted molar refractivity (Wildman–Crippen MR) is 87.9 cm³/mol. The Kier molecular flexibility index (Phi) is 5.17. The van der Waals surface area contributed by atoms with Gasteiger partial charge in [0.05, 0.1) is 7.11 Å². The minimum Gasteiger partial charge on any atom is -0.494 e. The highest BCUT2D eigenvalue weighted by molar-refractivity contribution is 14.1. The first-order valence-electron chi connectivity index (χ1n) is 6.34. The molecule has 3 nitrogen and oxygen atoms in total. The van der Waals surface area contributed by atoms with Crippen molar-refractivity contribution in [1.82, 2.24) is 4.90 Å². The van der Waals surface area contributed by atoms with Crippen LogP contribution in [0.5, 0.6) is 5.75 Å². The van der Waals surface area contributed by atoms with Gasteiger partial charge in [-0.1, -0.05) is 6.07 Å². The van der Waals surface area contributed by atoms with Gasteiger partial charge in [0.25, 0.3) is 5.91 Å². The molecule has 5 heteroatoms. The number of halogens is 2. The topological polar surface area (TPSA) is 29.5 Å². The number of carbonyl (C=O) groups is 1. The summed E-state index contributed by atoms with van der Waals surface area (Å²) in [4.78, 5) is 13.8. The molecule has 0 N–H and O–H groups in total. The first-order valence-corrected chi connectivity index (χ1v) is 7.42. The summed E-state index contributed by atoms with van der Waals surface area (Å²) >= 11 is 2.19. The Morgan fingerprint density at radius 3 is 2.48 bits per heavy atom. The van der Waals surface area contributed by atoms with Crippen molar-refractivity contribution in [3.63, 3.8) is 0 Å². The molecule has 0 saturated heterocycles. The van der Waals surface area contributed by atoms with Gasteiger partial charge in [-0.05, 0) is 64.6 Å². The van der Waals surface area contributed by atoms with Crippen molar-refractivity contribution >= 4 is 28.5 Å². The number of benzene rings is 2. The van der Waals surface area contributed by atoms with Gasteiger partial charge in [-0.25, -0.2) is 4.39 Å². The molecule has 0 saturated carbocycles. The van der Waals surface area contributed by atoms with Crippen LogP contribution in [-0.4, -0.2) is 25.0 Å². The van der Waals surface area contributed by atoms with E-state index in [0.717, 1.165) is 9.13 Å². The molecule has 2 aromatic carbocycles. The molecule has 0 aliphatic rings. The lowest BCUT2D eigenvalue weighted by atomic mass is 10.1. The Morgan fingerprint density at radius 1 is 1.24 bits per heavy atom. The average molecular weight is 399 g/mol. The van der Waals surface area contributed by atoms with Gasteiger partial charge in [0.15, 0.2) is 11.6 Å². The van der Waals surface area contributed by atoms with Crippen LogP contribution in [0.2, 0.25) is 0 Å². The Balaban J connectivity index is 2.10. The molecule has 2 aromatic rings. The smallest absolute Gasteiger partial charge is 0.253 e. The van der Waals surface area contributed by atoms with E-state index in [1.54, 1.807) is 36.2 Å². The van der Waals surface area contributed by atoms with Crippen LogP contribution in [0.3, 0.4) is 0 Å². The summed E-state index contributed by atoms with van der Waals surface area (Å²) in [6.07, 6.45) is 0. The van der Waals surface area contributed by atoms with E-state index in [1.165, 1.54) is 13.2 Å². The van der Waals surface area contributed by atoms with Crippen molar-refractivity contribution in [3.05, 3.63) is 63.0 Å². The third-order valence-corrected chi connectivity index (χ3v) is 3.79. The maximum atomic E-state index is 13.6. The second kappa shape index (κ2) is 6.89. The second-order valence-electron chi connectivity index (χ2n) is 4.64. The summed E-state index contributed by atoms with van der Waals surface area (Å²) in [5, 5.41) is 0. The minimum atomic E-state index is -0.426. The van der Waals surface area contributed by atoms with Crippen molar-refractivity contribution < 1.29 is 13.9 Å². The average Bonchev–Trinajstić information content (AvgIpc) is 2.47. The summed E-state index contributed by atoms with van der Waals surface area (Å²) in [5.74, 6) is -0.321. The number of carbonyl (C=O) groups excluding carboxylic acids is 1. The SMILES string of the molecule is COc1ccc(CN(C)C(=O)c2ccc(I)cc2)cc1F. The van der Waals surface area contributed by atoms with Crippen LogP contribution in [0.15, 0.2) is 42.5 Å². The molecular formula is C16H15FINO2. The predicted octanol–water partition coefficient (Wildman–Crippen LogP) is 3.71. The lowest BCUT2D eigenvalue weighted by Gasteiger charge is -2.17. The van der Waals surface area contributed by atoms with E-state index in [9.17, 15) is 9.18 Å². The zero-order chi connectivity index (χ0) is 15.4. The van der Waals surface area contributed by atoms with Crippen LogP contribution in [0, 0.1) is 9.39 Å². The summed E-state index contributed by atoms with van der Waals surface area (Å²) in [6.45, 7) is 0.339. The lowest BCUT2D eigenvalue weighted by molar-refractivity contribution is 0.0785. The Morgan fingerprint density at radius 2 is 1.90 bits per heavy atom. The van der Waals surface area contributed by atoms with Crippen molar-refractivity contribution in [1.29, 1.82) is 0 Å². The van der Waals surface area contributed by atoms with E-state index in [0.29, 0.717) is 12.1 Å². The molecule has 0 radical (unpaired) electrons. The molecule has 0 atom stereocenters. The lowest BCUT2D eigenvalue weighted by Crippen LogP contribution is -2.26. The highest BCUT2D eigenvalue weighted by Crippen LogP contribution is 2.19. The van der Waals surface area contributed by atoms with E-state index < -0.39 is 5.82 Å². The van der Waals surface area contributed by atoms with Crippen LogP contribution in [0.25, 0.3) is 0 Å². The number of hydrogen-bond acceptors (Lipinski definition) is 2. The van der Waals surface area contributed by atoms with Gasteiger partial charge in [0, 0.05) is 22.7 Å². The first kappa shape index (κ1) is 15.8. The van der Waals surface area contributed by atoms with Gasteiger partial charge < -0.3 is 9.64 Å². The Bertz CT molecular complexity index is 643. The zero-order valence-corrected chi connectivity index (χ0v) is 13.9. The van der Waals surface area contributed by atoms with Crippen LogP contribution < -0.4 is 4.74 Å². The van der Waals surface area contributed by atoms with E-state index >= 15 is 0 Å². The number of amides is 1. The van der Waals surface area contributed by atoms with E-state index in [4.69, 9.17) is 4.74 Å². The van der Waals surface area contributed by atoms with E-state index in [-0.39, 0.29) is 11.7 Å². The van der Waals surface area contributed by atoms with Crippen molar-refractivity contribution in [2.45, 2.75) is 6.54 Å². The maximum absolute atomic E-state index is 13.6. The van der Waals surface area contributed by atoms with Gasteiger partial charge in [0.1, 0.15) is 0 Å². The standard InChI is InChI=1S/C16H15FINO2/c1-19(16(20)12-4-6-13(18)7-5-12)10-11-3-8-15(21-2)14(17)9-11/h3-9H,10H2,1-2H3. The fraction of sp³-hybridized carbons (Fsp3) is 0.188. The molecule has 0 aliphatic carbocycles. The van der Waals surface area contributed by atoms with Crippen LogP contribution >= 0.6 is 22.6 Å². The number of ether oxygens (including phenoxy) is 1. The highest BCUT2D eigenvalue weighted by Gasteiger charge is 2.13.